The molecular formula is C15H24O5Si. The summed E-state index contributed by atoms with van der Waals surface area (Å²) in [7, 11) is 2.45. The van der Waals surface area contributed by atoms with Gasteiger partial charge in [0.2, 0.25) is 5.79 Å². The van der Waals surface area contributed by atoms with Crippen molar-refractivity contribution in [3.05, 3.63) is 23.8 Å². The molecule has 1 heterocycles. The van der Waals surface area contributed by atoms with Gasteiger partial charge in [-0.1, -0.05) is 6.07 Å². The van der Waals surface area contributed by atoms with E-state index in [9.17, 15) is 0 Å². The second kappa shape index (κ2) is 6.35. The highest BCUT2D eigenvalue weighted by molar-refractivity contribution is 6.60. The van der Waals surface area contributed by atoms with Gasteiger partial charge in [0, 0.05) is 41.2 Å². The molecule has 1 aromatic carbocycles. The fraction of sp³-hybridized carbons (Fsp3) is 0.600. The lowest BCUT2D eigenvalue weighted by Gasteiger charge is -2.24. The minimum absolute atomic E-state index is 0.578. The summed E-state index contributed by atoms with van der Waals surface area (Å²) in [4.78, 5) is 0. The fourth-order valence-corrected chi connectivity index (χ4v) is 4.21. The molecule has 0 atom stereocenters. The zero-order chi connectivity index (χ0) is 15.5. The van der Waals surface area contributed by atoms with Crippen LogP contribution in [0, 0.1) is 0 Å². The van der Waals surface area contributed by atoms with Crippen LogP contribution in [-0.2, 0) is 19.7 Å². The van der Waals surface area contributed by atoms with E-state index in [1.165, 1.54) is 5.56 Å². The molecule has 0 saturated heterocycles. The summed E-state index contributed by atoms with van der Waals surface area (Å²) in [6.45, 7) is 3.81. The normalized spacial score (nSPS) is 16.2. The van der Waals surface area contributed by atoms with Crippen LogP contribution in [0.25, 0.3) is 0 Å². The Kier molecular flexibility index (Phi) is 4.93. The first-order valence-electron chi connectivity index (χ1n) is 7.10. The van der Waals surface area contributed by atoms with Crippen LogP contribution in [0.5, 0.6) is 11.5 Å². The fourth-order valence-electron chi connectivity index (χ4n) is 2.49. The van der Waals surface area contributed by atoms with Gasteiger partial charge < -0.3 is 22.8 Å². The van der Waals surface area contributed by atoms with Gasteiger partial charge in [-0.25, -0.2) is 0 Å². The number of hydrogen-bond donors (Lipinski definition) is 0. The zero-order valence-corrected chi connectivity index (χ0v) is 14.4. The van der Waals surface area contributed by atoms with Gasteiger partial charge in [0.1, 0.15) is 0 Å². The maximum atomic E-state index is 5.76. The highest BCUT2D eigenvalue weighted by Crippen LogP contribution is 2.39. The topological polar surface area (TPSA) is 46.2 Å². The standard InChI is InChI=1S/C15H24O5Si/c1-15(2)19-13-9-8-12(11-14(13)20-15)7-6-10-21(16-3,17-4)18-5/h8-9,11H,6-7,10H2,1-5H3. The van der Waals surface area contributed by atoms with E-state index in [2.05, 4.69) is 6.07 Å². The molecule has 0 unspecified atom stereocenters. The van der Waals surface area contributed by atoms with Gasteiger partial charge in [0.05, 0.1) is 0 Å². The Bertz CT molecular complexity index is 477. The third-order valence-electron chi connectivity index (χ3n) is 3.60. The van der Waals surface area contributed by atoms with Gasteiger partial charge in [-0.3, -0.25) is 0 Å². The molecular weight excluding hydrogens is 288 g/mol. The Morgan fingerprint density at radius 3 is 2.24 bits per heavy atom. The van der Waals surface area contributed by atoms with Crippen LogP contribution in [0.3, 0.4) is 0 Å². The van der Waals surface area contributed by atoms with Gasteiger partial charge in [-0.15, -0.1) is 0 Å². The maximum Gasteiger partial charge on any atom is 0.500 e. The first-order chi connectivity index (χ1) is 9.93. The number of hydrogen-bond acceptors (Lipinski definition) is 5. The predicted octanol–water partition coefficient (Wildman–Crippen LogP) is 3.00. The molecule has 0 aromatic heterocycles. The molecule has 0 amide bonds. The van der Waals surface area contributed by atoms with E-state index in [1.54, 1.807) is 21.3 Å². The van der Waals surface area contributed by atoms with Crippen LogP contribution in [-0.4, -0.2) is 35.9 Å². The molecule has 1 aliphatic heterocycles. The molecule has 1 aliphatic rings. The zero-order valence-electron chi connectivity index (χ0n) is 13.4. The highest BCUT2D eigenvalue weighted by atomic mass is 28.4. The Labute approximate surface area is 127 Å². The Hall–Kier alpha value is -1.08. The first-order valence-corrected chi connectivity index (χ1v) is 9.03. The van der Waals surface area contributed by atoms with Crippen LogP contribution in [0.15, 0.2) is 18.2 Å². The summed E-state index contributed by atoms with van der Waals surface area (Å²) in [6, 6.07) is 6.86. The van der Waals surface area contributed by atoms with E-state index >= 15 is 0 Å². The summed E-state index contributed by atoms with van der Waals surface area (Å²) < 4.78 is 27.7. The van der Waals surface area contributed by atoms with Crippen molar-refractivity contribution in [3.63, 3.8) is 0 Å². The second-order valence-electron chi connectivity index (χ2n) is 5.53. The largest absolute Gasteiger partial charge is 0.500 e. The third-order valence-corrected chi connectivity index (χ3v) is 6.43. The Morgan fingerprint density at radius 1 is 1.00 bits per heavy atom. The molecule has 21 heavy (non-hydrogen) atoms. The van der Waals surface area contributed by atoms with E-state index < -0.39 is 14.6 Å². The van der Waals surface area contributed by atoms with Crippen molar-refractivity contribution in [1.82, 2.24) is 0 Å². The number of rotatable bonds is 7. The summed E-state index contributed by atoms with van der Waals surface area (Å²) in [5, 5.41) is 0. The molecule has 0 fully saturated rings. The minimum Gasteiger partial charge on any atom is -0.449 e. The van der Waals surface area contributed by atoms with E-state index in [0.717, 1.165) is 30.4 Å². The molecule has 2 rings (SSSR count). The number of benzene rings is 1. The van der Waals surface area contributed by atoms with Crippen LogP contribution in [0.4, 0.5) is 0 Å². The van der Waals surface area contributed by atoms with Gasteiger partial charge in [-0.2, -0.15) is 0 Å². The van der Waals surface area contributed by atoms with E-state index in [-0.39, 0.29) is 0 Å². The van der Waals surface area contributed by atoms with Crippen LogP contribution >= 0.6 is 0 Å². The maximum absolute atomic E-state index is 5.76. The van der Waals surface area contributed by atoms with Crippen LogP contribution in [0.2, 0.25) is 6.04 Å². The molecule has 0 spiro atoms. The molecule has 5 nitrogen and oxygen atoms in total. The number of fused-ring (bicyclic) bond motifs is 1. The lowest BCUT2D eigenvalue weighted by molar-refractivity contribution is -0.0431. The van der Waals surface area contributed by atoms with E-state index in [4.69, 9.17) is 22.8 Å². The first kappa shape index (κ1) is 16.3. The van der Waals surface area contributed by atoms with Gasteiger partial charge >= 0.3 is 8.80 Å². The van der Waals surface area contributed by atoms with Crippen molar-refractivity contribution in [3.8, 4) is 11.5 Å². The molecule has 0 aliphatic carbocycles. The summed E-state index contributed by atoms with van der Waals surface area (Å²) in [5.41, 5.74) is 1.21. The van der Waals surface area contributed by atoms with Crippen molar-refractivity contribution in [1.29, 1.82) is 0 Å². The summed E-state index contributed by atoms with van der Waals surface area (Å²) in [5.74, 6) is 1.04. The van der Waals surface area contributed by atoms with E-state index in [0.29, 0.717) is 0 Å². The van der Waals surface area contributed by atoms with Gasteiger partial charge in [-0.05, 0) is 30.5 Å². The number of aryl methyl sites for hydroxylation is 1. The molecule has 0 N–H and O–H groups in total. The highest BCUT2D eigenvalue weighted by Gasteiger charge is 2.37. The molecule has 0 radical (unpaired) electrons. The summed E-state index contributed by atoms with van der Waals surface area (Å²) >= 11 is 0. The SMILES string of the molecule is CO[Si](CCCc1ccc2c(c1)OC(C)(C)O2)(OC)OC. The smallest absolute Gasteiger partial charge is 0.449 e. The van der Waals surface area contributed by atoms with Crippen molar-refractivity contribution in [2.75, 3.05) is 21.3 Å². The Morgan fingerprint density at radius 2 is 1.62 bits per heavy atom. The monoisotopic (exact) mass is 312 g/mol. The van der Waals surface area contributed by atoms with Gasteiger partial charge in [0.15, 0.2) is 11.5 Å². The second-order valence-corrected chi connectivity index (χ2v) is 8.62. The van der Waals surface area contributed by atoms with E-state index in [1.807, 2.05) is 26.0 Å². The molecule has 0 saturated carbocycles. The average Bonchev–Trinajstić information content (AvgIpc) is 2.77. The van der Waals surface area contributed by atoms with Crippen molar-refractivity contribution >= 4 is 8.80 Å². The van der Waals surface area contributed by atoms with Gasteiger partial charge in [0.25, 0.3) is 0 Å². The lowest BCUT2D eigenvalue weighted by Crippen LogP contribution is -2.42. The molecule has 1 aromatic rings. The molecule has 0 bridgehead atoms. The Balaban J connectivity index is 1.94. The average molecular weight is 312 g/mol. The molecule has 6 heteroatoms. The van der Waals surface area contributed by atoms with Crippen molar-refractivity contribution < 1.29 is 22.8 Å². The van der Waals surface area contributed by atoms with Crippen LogP contribution < -0.4 is 9.47 Å². The third kappa shape index (κ3) is 3.77. The lowest BCUT2D eigenvalue weighted by atomic mass is 10.1. The predicted molar refractivity (Wildman–Crippen MR) is 81.7 cm³/mol. The molecule has 118 valence electrons. The number of ether oxygens (including phenoxy) is 2. The minimum atomic E-state index is -2.47. The van der Waals surface area contributed by atoms with Crippen molar-refractivity contribution in [2.24, 2.45) is 0 Å². The van der Waals surface area contributed by atoms with Crippen LogP contribution in [0.1, 0.15) is 25.8 Å². The van der Waals surface area contributed by atoms with Crippen molar-refractivity contribution in [2.45, 2.75) is 38.5 Å². The summed E-state index contributed by atoms with van der Waals surface area (Å²) in [6.07, 6.45) is 1.85. The quantitative estimate of drug-likeness (QED) is 0.724.